The zero-order valence-electron chi connectivity index (χ0n) is 14.9. The third-order valence-corrected chi connectivity index (χ3v) is 7.35. The molecule has 1 aromatic heterocycles. The van der Waals surface area contributed by atoms with E-state index in [1.807, 2.05) is 0 Å². The van der Waals surface area contributed by atoms with Gasteiger partial charge in [-0.3, -0.25) is 20.2 Å². The summed E-state index contributed by atoms with van der Waals surface area (Å²) in [6, 6.07) is 3.56. The standard InChI is InChI=1S/C18H18N4O5S/c23-21(24)13-1-2-15(14(6-13)22(25)26)28-17-20-19-16(27-17)18-7-10-3-11(8-18)5-12(4-10)9-18/h1-2,6,10-12H,3-5,7-9H2. The molecule has 6 rings (SSSR count). The average molecular weight is 402 g/mol. The van der Waals surface area contributed by atoms with Gasteiger partial charge in [0.05, 0.1) is 20.8 Å². The Bertz CT molecular complexity index is 939. The fourth-order valence-corrected chi connectivity index (χ4v) is 6.54. The molecule has 0 atom stereocenters. The number of benzene rings is 1. The fourth-order valence-electron chi connectivity index (χ4n) is 5.78. The molecular weight excluding hydrogens is 384 g/mol. The molecule has 0 unspecified atom stereocenters. The molecule has 4 bridgehead atoms. The Morgan fingerprint density at radius 3 is 2.21 bits per heavy atom. The van der Waals surface area contributed by atoms with E-state index in [1.165, 1.54) is 31.4 Å². The molecule has 1 aromatic carbocycles. The maximum atomic E-state index is 11.3. The van der Waals surface area contributed by atoms with Gasteiger partial charge in [-0.2, -0.15) is 0 Å². The number of hydrogen-bond donors (Lipinski definition) is 0. The lowest BCUT2D eigenvalue weighted by atomic mass is 9.49. The molecule has 10 heteroatoms. The first-order valence-electron chi connectivity index (χ1n) is 9.36. The normalized spacial score (nSPS) is 30.5. The summed E-state index contributed by atoms with van der Waals surface area (Å²) in [6.07, 6.45) is 7.19. The maximum Gasteiger partial charge on any atom is 0.290 e. The van der Waals surface area contributed by atoms with Crippen molar-refractivity contribution < 1.29 is 14.3 Å². The van der Waals surface area contributed by atoms with Crippen molar-refractivity contribution in [2.75, 3.05) is 0 Å². The summed E-state index contributed by atoms with van der Waals surface area (Å²) >= 11 is 0.983. The molecule has 0 spiro atoms. The van der Waals surface area contributed by atoms with E-state index in [2.05, 4.69) is 10.2 Å². The molecule has 0 N–H and O–H groups in total. The van der Waals surface area contributed by atoms with Crippen LogP contribution in [0.1, 0.15) is 44.4 Å². The molecule has 1 heterocycles. The van der Waals surface area contributed by atoms with Gasteiger partial charge in [0, 0.05) is 11.5 Å². The van der Waals surface area contributed by atoms with Gasteiger partial charge in [0.2, 0.25) is 5.89 Å². The second kappa shape index (κ2) is 6.26. The Morgan fingerprint density at radius 1 is 1.00 bits per heavy atom. The summed E-state index contributed by atoms with van der Waals surface area (Å²) in [5.74, 6) is 2.87. The first kappa shape index (κ1) is 17.6. The predicted octanol–water partition coefficient (Wildman–Crippen LogP) is 4.51. The second-order valence-corrected chi connectivity index (χ2v) is 9.33. The smallest absolute Gasteiger partial charge is 0.290 e. The van der Waals surface area contributed by atoms with Gasteiger partial charge in [0.15, 0.2) is 0 Å². The Labute approximate surface area is 164 Å². The summed E-state index contributed by atoms with van der Waals surface area (Å²) in [6.45, 7) is 0. The van der Waals surface area contributed by atoms with Crippen LogP contribution < -0.4 is 0 Å². The van der Waals surface area contributed by atoms with E-state index in [1.54, 1.807) is 0 Å². The van der Waals surface area contributed by atoms with Crippen molar-refractivity contribution in [3.05, 3.63) is 44.3 Å². The van der Waals surface area contributed by atoms with Gasteiger partial charge < -0.3 is 4.42 Å². The van der Waals surface area contributed by atoms with Crippen LogP contribution in [0.25, 0.3) is 0 Å². The highest BCUT2D eigenvalue weighted by Crippen LogP contribution is 2.60. The second-order valence-electron chi connectivity index (χ2n) is 8.34. The first-order chi connectivity index (χ1) is 13.4. The van der Waals surface area contributed by atoms with Crippen molar-refractivity contribution in [3.8, 4) is 0 Å². The summed E-state index contributed by atoms with van der Waals surface area (Å²) < 4.78 is 5.97. The number of aromatic nitrogens is 2. The molecule has 2 aromatic rings. The summed E-state index contributed by atoms with van der Waals surface area (Å²) in [5, 5.41) is 30.9. The van der Waals surface area contributed by atoms with E-state index >= 15 is 0 Å². The van der Waals surface area contributed by atoms with Crippen molar-refractivity contribution in [3.63, 3.8) is 0 Å². The third-order valence-electron chi connectivity index (χ3n) is 6.45. The van der Waals surface area contributed by atoms with E-state index in [9.17, 15) is 20.2 Å². The highest BCUT2D eigenvalue weighted by Gasteiger charge is 2.54. The molecule has 4 saturated carbocycles. The minimum absolute atomic E-state index is 0.0397. The molecule has 0 amide bonds. The number of non-ortho nitro benzene ring substituents is 1. The van der Waals surface area contributed by atoms with E-state index in [0.29, 0.717) is 5.89 Å². The lowest BCUT2D eigenvalue weighted by Gasteiger charge is -2.55. The van der Waals surface area contributed by atoms with Crippen LogP contribution in [-0.2, 0) is 5.41 Å². The Kier molecular flexibility index (Phi) is 3.94. The molecule has 4 aliphatic rings. The maximum absolute atomic E-state index is 11.3. The fraction of sp³-hybridized carbons (Fsp3) is 0.556. The van der Waals surface area contributed by atoms with Crippen molar-refractivity contribution >= 4 is 23.1 Å². The Morgan fingerprint density at radius 2 is 1.64 bits per heavy atom. The van der Waals surface area contributed by atoms with Gasteiger partial charge in [0.1, 0.15) is 0 Å². The third kappa shape index (κ3) is 2.86. The van der Waals surface area contributed by atoms with E-state index in [4.69, 9.17) is 4.42 Å². The zero-order valence-corrected chi connectivity index (χ0v) is 15.8. The quantitative estimate of drug-likeness (QED) is 0.528. The van der Waals surface area contributed by atoms with Crippen molar-refractivity contribution in [2.24, 2.45) is 17.8 Å². The number of hydrogen-bond acceptors (Lipinski definition) is 8. The Balaban J connectivity index is 1.42. The van der Waals surface area contributed by atoms with Gasteiger partial charge in [0.25, 0.3) is 16.6 Å². The van der Waals surface area contributed by atoms with Crippen LogP contribution in [0.5, 0.6) is 0 Å². The monoisotopic (exact) mass is 402 g/mol. The number of nitro groups is 2. The van der Waals surface area contributed by atoms with Crippen LogP contribution in [0.3, 0.4) is 0 Å². The first-order valence-corrected chi connectivity index (χ1v) is 10.2. The highest BCUT2D eigenvalue weighted by molar-refractivity contribution is 7.99. The average Bonchev–Trinajstić information content (AvgIpc) is 3.10. The minimum atomic E-state index is -0.653. The number of nitro benzene ring substituents is 2. The zero-order chi connectivity index (χ0) is 19.5. The minimum Gasteiger partial charge on any atom is -0.415 e. The topological polar surface area (TPSA) is 125 Å². The van der Waals surface area contributed by atoms with E-state index < -0.39 is 9.85 Å². The molecule has 9 nitrogen and oxygen atoms in total. The van der Waals surface area contributed by atoms with Gasteiger partial charge in [-0.15, -0.1) is 10.2 Å². The molecule has 0 radical (unpaired) electrons. The lowest BCUT2D eigenvalue weighted by Crippen LogP contribution is -2.48. The van der Waals surface area contributed by atoms with Gasteiger partial charge in [-0.25, -0.2) is 0 Å². The van der Waals surface area contributed by atoms with Crippen LogP contribution >= 0.6 is 11.8 Å². The largest absolute Gasteiger partial charge is 0.415 e. The SMILES string of the molecule is O=[N+]([O-])c1ccc(Sc2nnc(C34CC5CC(CC(C5)C3)C4)o2)c([N+](=O)[O-])c1. The molecule has 0 saturated heterocycles. The highest BCUT2D eigenvalue weighted by atomic mass is 32.2. The van der Waals surface area contributed by atoms with Crippen LogP contribution in [0, 0.1) is 38.0 Å². The van der Waals surface area contributed by atoms with Crippen LogP contribution in [0.15, 0.2) is 32.7 Å². The number of rotatable bonds is 5. The molecule has 4 fully saturated rings. The van der Waals surface area contributed by atoms with Gasteiger partial charge >= 0.3 is 0 Å². The van der Waals surface area contributed by atoms with Gasteiger partial charge in [-0.05, 0) is 74.1 Å². The lowest BCUT2D eigenvalue weighted by molar-refractivity contribution is -0.396. The molecule has 0 aliphatic heterocycles. The number of nitrogens with zero attached hydrogens (tertiary/aromatic N) is 4. The summed E-state index contributed by atoms with van der Waals surface area (Å²) in [4.78, 5) is 21.2. The van der Waals surface area contributed by atoms with Crippen molar-refractivity contribution in [2.45, 2.75) is 54.1 Å². The van der Waals surface area contributed by atoms with Crippen molar-refractivity contribution in [1.29, 1.82) is 0 Å². The predicted molar refractivity (Wildman–Crippen MR) is 98.0 cm³/mol. The van der Waals surface area contributed by atoms with E-state index in [0.717, 1.165) is 54.8 Å². The Hall–Kier alpha value is -2.49. The summed E-state index contributed by atoms with van der Waals surface area (Å²) in [5.41, 5.74) is -0.702. The van der Waals surface area contributed by atoms with Crippen molar-refractivity contribution in [1.82, 2.24) is 10.2 Å². The molecular formula is C18H18N4O5S. The molecule has 4 aliphatic carbocycles. The van der Waals surface area contributed by atoms with Crippen LogP contribution in [0.2, 0.25) is 0 Å². The molecule has 28 heavy (non-hydrogen) atoms. The summed E-state index contributed by atoms with van der Waals surface area (Å²) in [7, 11) is 0. The molecule has 146 valence electrons. The van der Waals surface area contributed by atoms with Crippen LogP contribution in [-0.4, -0.2) is 20.0 Å². The van der Waals surface area contributed by atoms with Crippen LogP contribution in [0.4, 0.5) is 11.4 Å². The van der Waals surface area contributed by atoms with E-state index in [-0.39, 0.29) is 26.9 Å². The van der Waals surface area contributed by atoms with Gasteiger partial charge in [-0.1, -0.05) is 0 Å².